The van der Waals surface area contributed by atoms with Crippen LogP contribution in [0.3, 0.4) is 0 Å². The van der Waals surface area contributed by atoms with Crippen LogP contribution in [-0.4, -0.2) is 56.7 Å². The highest BCUT2D eigenvalue weighted by molar-refractivity contribution is 5.93. The Labute approximate surface area is 218 Å². The molecule has 1 atom stereocenters. The number of halogens is 3. The molecule has 3 amide bonds. The Balaban J connectivity index is 1.33. The molecule has 202 valence electrons. The number of anilines is 2. The first-order valence-corrected chi connectivity index (χ1v) is 12.2. The van der Waals surface area contributed by atoms with Gasteiger partial charge in [0.05, 0.1) is 16.9 Å². The number of alkyl halides is 3. The number of hydrogen-bond acceptors (Lipinski definition) is 6. The molecule has 1 saturated heterocycles. The quantitative estimate of drug-likeness (QED) is 0.437. The fourth-order valence-electron chi connectivity index (χ4n) is 4.12. The number of hydrogen-bond donors (Lipinski definition) is 4. The Hall–Kier alpha value is -4.06. The Morgan fingerprint density at radius 1 is 1.18 bits per heavy atom. The van der Waals surface area contributed by atoms with E-state index in [0.29, 0.717) is 49.8 Å². The molecule has 0 spiro atoms. The van der Waals surface area contributed by atoms with E-state index in [9.17, 15) is 22.8 Å². The third-order valence-electron chi connectivity index (χ3n) is 6.14. The molecule has 1 fully saturated rings. The molecule has 9 nitrogen and oxygen atoms in total. The smallest absolute Gasteiger partial charge is 0.416 e. The molecule has 1 aromatic heterocycles. The fourth-order valence-corrected chi connectivity index (χ4v) is 4.12. The zero-order valence-electron chi connectivity index (χ0n) is 20.8. The summed E-state index contributed by atoms with van der Waals surface area (Å²) in [6.07, 6.45) is 3.05. The maximum absolute atomic E-state index is 13.3. The second-order valence-corrected chi connectivity index (χ2v) is 8.82. The number of ether oxygens (including phenoxy) is 1. The lowest BCUT2D eigenvalue weighted by Gasteiger charge is -2.31. The average Bonchev–Trinajstić information content (AvgIpc) is 2.92. The number of amides is 3. The molecule has 4 rings (SSSR count). The van der Waals surface area contributed by atoms with Crippen LogP contribution in [0.5, 0.6) is 5.75 Å². The number of piperazine rings is 1. The van der Waals surface area contributed by atoms with Crippen molar-refractivity contribution in [3.8, 4) is 5.75 Å². The van der Waals surface area contributed by atoms with E-state index >= 15 is 0 Å². The molecule has 2 heterocycles. The van der Waals surface area contributed by atoms with Crippen LogP contribution in [0.15, 0.2) is 60.5 Å². The van der Waals surface area contributed by atoms with Gasteiger partial charge in [-0.2, -0.15) is 13.2 Å². The number of carbonyl (C=O) groups is 2. The number of aromatic nitrogens is 1. The van der Waals surface area contributed by atoms with Crippen molar-refractivity contribution in [3.63, 3.8) is 0 Å². The van der Waals surface area contributed by atoms with E-state index in [-0.39, 0.29) is 29.8 Å². The van der Waals surface area contributed by atoms with Crippen molar-refractivity contribution in [1.29, 1.82) is 0 Å². The molecule has 1 aliphatic carbocycles. The summed E-state index contributed by atoms with van der Waals surface area (Å²) in [6.45, 7) is 2.94. The summed E-state index contributed by atoms with van der Waals surface area (Å²) in [4.78, 5) is 30.3. The molecule has 38 heavy (non-hydrogen) atoms. The van der Waals surface area contributed by atoms with Crippen LogP contribution in [0.4, 0.5) is 29.3 Å². The number of pyridine rings is 1. The molecule has 2 aromatic rings. The summed E-state index contributed by atoms with van der Waals surface area (Å²) in [5, 5.41) is 11.1. The van der Waals surface area contributed by atoms with Crippen molar-refractivity contribution in [2.45, 2.75) is 12.6 Å². The second-order valence-electron chi connectivity index (χ2n) is 8.82. The van der Waals surface area contributed by atoms with E-state index < -0.39 is 17.8 Å². The second kappa shape index (κ2) is 12.0. The first kappa shape index (κ1) is 27.0. The average molecular weight is 531 g/mol. The topological polar surface area (TPSA) is 108 Å². The molecule has 0 radical (unpaired) electrons. The minimum absolute atomic E-state index is 0.0267. The van der Waals surface area contributed by atoms with Gasteiger partial charge in [-0.05, 0) is 48.8 Å². The van der Waals surface area contributed by atoms with E-state index in [0.717, 1.165) is 12.1 Å². The van der Waals surface area contributed by atoms with Gasteiger partial charge in [-0.3, -0.25) is 9.78 Å². The van der Waals surface area contributed by atoms with E-state index in [1.54, 1.807) is 12.1 Å². The highest BCUT2D eigenvalue weighted by Gasteiger charge is 2.32. The lowest BCUT2D eigenvalue weighted by molar-refractivity contribution is -0.137. The molecule has 1 aromatic carbocycles. The van der Waals surface area contributed by atoms with Gasteiger partial charge in [0.25, 0.3) is 5.91 Å². The first-order valence-electron chi connectivity index (χ1n) is 12.2. The van der Waals surface area contributed by atoms with E-state index in [4.69, 9.17) is 4.74 Å². The third kappa shape index (κ3) is 7.03. The summed E-state index contributed by atoms with van der Waals surface area (Å²) < 4.78 is 45.8. The standard InChI is InChI=1S/C26H29F3N6O3/c1-30-24(36)22-15-20(8-9-32-22)38-19-5-2-17(3-6-19)16-33-25(37)34-21-14-18(26(27,28)29)4-7-23(21)35-12-10-31-11-13-35/h2,4-9,14-15,17,31H,3,10-13,16H2,1H3,(H,30,36)(H2,33,34,37). The Morgan fingerprint density at radius 2 is 1.97 bits per heavy atom. The molecule has 4 N–H and O–H groups in total. The maximum Gasteiger partial charge on any atom is 0.416 e. The molecule has 0 bridgehead atoms. The molecule has 1 aliphatic heterocycles. The van der Waals surface area contributed by atoms with Gasteiger partial charge in [0.1, 0.15) is 17.2 Å². The van der Waals surface area contributed by atoms with E-state index in [2.05, 4.69) is 26.3 Å². The largest absolute Gasteiger partial charge is 0.458 e. The summed E-state index contributed by atoms with van der Waals surface area (Å²) in [5.41, 5.74) is 0.0747. The molecular formula is C26H29F3N6O3. The van der Waals surface area contributed by atoms with Crippen LogP contribution in [0, 0.1) is 5.92 Å². The van der Waals surface area contributed by atoms with Crippen molar-refractivity contribution < 1.29 is 27.5 Å². The van der Waals surface area contributed by atoms with Crippen LogP contribution in [-0.2, 0) is 6.18 Å². The van der Waals surface area contributed by atoms with Crippen molar-refractivity contribution in [3.05, 3.63) is 71.8 Å². The van der Waals surface area contributed by atoms with Gasteiger partial charge in [0.15, 0.2) is 0 Å². The summed E-state index contributed by atoms with van der Waals surface area (Å²) in [6, 6.07) is 6.00. The van der Waals surface area contributed by atoms with Crippen LogP contribution in [0.1, 0.15) is 22.5 Å². The van der Waals surface area contributed by atoms with Crippen molar-refractivity contribution in [2.24, 2.45) is 5.92 Å². The van der Waals surface area contributed by atoms with Gasteiger partial charge in [-0.1, -0.05) is 6.08 Å². The van der Waals surface area contributed by atoms with Crippen molar-refractivity contribution in [2.75, 3.05) is 50.0 Å². The molecule has 0 saturated carbocycles. The Kier molecular flexibility index (Phi) is 8.52. The predicted octanol–water partition coefficient (Wildman–Crippen LogP) is 3.53. The predicted molar refractivity (Wildman–Crippen MR) is 137 cm³/mol. The minimum Gasteiger partial charge on any atom is -0.458 e. The van der Waals surface area contributed by atoms with Gasteiger partial charge < -0.3 is 30.9 Å². The summed E-state index contributed by atoms with van der Waals surface area (Å²) in [7, 11) is 1.52. The molecule has 2 aliphatic rings. The summed E-state index contributed by atoms with van der Waals surface area (Å²) >= 11 is 0. The number of carbonyl (C=O) groups excluding carboxylic acids is 2. The van der Waals surface area contributed by atoms with Crippen LogP contribution >= 0.6 is 0 Å². The molecule has 12 heteroatoms. The van der Waals surface area contributed by atoms with Crippen molar-refractivity contribution in [1.82, 2.24) is 20.9 Å². The fraction of sp³-hybridized carbons (Fsp3) is 0.346. The number of benzene rings is 1. The van der Waals surface area contributed by atoms with Crippen LogP contribution < -0.4 is 30.9 Å². The Morgan fingerprint density at radius 3 is 2.66 bits per heavy atom. The number of rotatable bonds is 7. The van der Waals surface area contributed by atoms with Gasteiger partial charge in [-0.15, -0.1) is 0 Å². The highest BCUT2D eigenvalue weighted by Crippen LogP contribution is 2.35. The van der Waals surface area contributed by atoms with E-state index in [1.165, 1.54) is 25.4 Å². The highest BCUT2D eigenvalue weighted by atomic mass is 19.4. The number of nitrogens with one attached hydrogen (secondary N) is 4. The monoisotopic (exact) mass is 530 g/mol. The van der Waals surface area contributed by atoms with Crippen molar-refractivity contribution >= 4 is 23.3 Å². The number of urea groups is 1. The minimum atomic E-state index is -4.52. The van der Waals surface area contributed by atoms with E-state index in [1.807, 2.05) is 17.1 Å². The zero-order chi connectivity index (χ0) is 27.1. The zero-order valence-corrected chi connectivity index (χ0v) is 20.8. The van der Waals surface area contributed by atoms with Gasteiger partial charge in [-0.25, -0.2) is 4.79 Å². The van der Waals surface area contributed by atoms with Gasteiger partial charge in [0, 0.05) is 52.0 Å². The third-order valence-corrected chi connectivity index (χ3v) is 6.14. The lowest BCUT2D eigenvalue weighted by Crippen LogP contribution is -2.44. The Bertz CT molecular complexity index is 1220. The first-order chi connectivity index (χ1) is 18.2. The van der Waals surface area contributed by atoms with Gasteiger partial charge >= 0.3 is 12.2 Å². The SMILES string of the molecule is CNC(=O)c1cc(OC2=CCC(CNC(=O)Nc3cc(C(F)(F)F)ccc3N3CCNCC3)C=C2)ccn1. The lowest BCUT2D eigenvalue weighted by atomic mass is 10.0. The maximum atomic E-state index is 13.3. The molecular weight excluding hydrogens is 501 g/mol. The van der Waals surface area contributed by atoms with Crippen LogP contribution in [0.2, 0.25) is 0 Å². The van der Waals surface area contributed by atoms with Crippen LogP contribution in [0.25, 0.3) is 0 Å². The number of nitrogens with zero attached hydrogens (tertiary/aromatic N) is 2. The molecule has 1 unspecified atom stereocenters. The summed E-state index contributed by atoms with van der Waals surface area (Å²) in [5.74, 6) is 0.704. The number of allylic oxidation sites excluding steroid dienone is 2. The normalized spacial score (nSPS) is 17.4. The van der Waals surface area contributed by atoms with Gasteiger partial charge in [0.2, 0.25) is 0 Å².